The maximum Gasteiger partial charge on any atom is 0.218 e. The molecule has 0 bridgehead atoms. The molecule has 2 aromatic rings. The maximum absolute atomic E-state index is 6.74. The van der Waals surface area contributed by atoms with Gasteiger partial charge in [-0.25, -0.2) is 6.57 Å². The molecule has 0 aliphatic carbocycles. The number of rotatable bonds is 4. The summed E-state index contributed by atoms with van der Waals surface area (Å²) in [6, 6.07) is 10.2. The largest absolute Gasteiger partial charge is 0.317 e. The zero-order valence-corrected chi connectivity index (χ0v) is 9.00. The molecule has 0 aliphatic heterocycles. The third-order valence-corrected chi connectivity index (χ3v) is 2.39. The van der Waals surface area contributed by atoms with Crippen LogP contribution in [0.2, 0.25) is 0 Å². The van der Waals surface area contributed by atoms with Crippen molar-refractivity contribution in [2.24, 2.45) is 0 Å². The summed E-state index contributed by atoms with van der Waals surface area (Å²) in [6.45, 7) is 8.07. The van der Waals surface area contributed by atoms with Gasteiger partial charge in [0.15, 0.2) is 0 Å². The Kier molecular flexibility index (Phi) is 3.35. The first-order chi connectivity index (χ1) is 7.88. The van der Waals surface area contributed by atoms with E-state index in [1.807, 2.05) is 35.3 Å². The summed E-state index contributed by atoms with van der Waals surface area (Å²) >= 11 is 0. The molecule has 0 atom stereocenters. The molecule has 0 radical (unpaired) electrons. The van der Waals surface area contributed by atoms with Gasteiger partial charge in [0, 0.05) is 12.6 Å². The van der Waals surface area contributed by atoms with Crippen molar-refractivity contribution in [2.45, 2.75) is 13.0 Å². The molecule has 3 nitrogen and oxygen atoms in total. The van der Waals surface area contributed by atoms with Crippen molar-refractivity contribution >= 4 is 0 Å². The minimum atomic E-state index is 0.539. The van der Waals surface area contributed by atoms with Crippen LogP contribution in [-0.4, -0.2) is 16.3 Å². The van der Waals surface area contributed by atoms with Crippen LogP contribution in [0.3, 0.4) is 0 Å². The van der Waals surface area contributed by atoms with Crippen LogP contribution in [0.15, 0.2) is 42.7 Å². The molecule has 0 amide bonds. The molecule has 1 heterocycles. The molecule has 1 aromatic heterocycles. The molecular formula is C13H13N3. The van der Waals surface area contributed by atoms with Crippen molar-refractivity contribution in [2.75, 3.05) is 6.54 Å². The van der Waals surface area contributed by atoms with Gasteiger partial charge in [0.1, 0.15) is 0 Å². The van der Waals surface area contributed by atoms with Crippen molar-refractivity contribution in [3.05, 3.63) is 65.3 Å². The lowest BCUT2D eigenvalue weighted by molar-refractivity contribution is 0.686. The van der Waals surface area contributed by atoms with Crippen LogP contribution >= 0.6 is 0 Å². The second-order valence-corrected chi connectivity index (χ2v) is 3.66. The topological polar surface area (TPSA) is 22.2 Å². The molecule has 0 fully saturated rings. The summed E-state index contributed by atoms with van der Waals surface area (Å²) in [5, 5.41) is 4.28. The summed E-state index contributed by atoms with van der Waals surface area (Å²) in [7, 11) is 0. The van der Waals surface area contributed by atoms with E-state index in [0.717, 1.165) is 18.5 Å². The van der Waals surface area contributed by atoms with E-state index < -0.39 is 0 Å². The number of hydrogen-bond acceptors (Lipinski definition) is 1. The first kappa shape index (κ1) is 10.4. The number of nitrogens with zero attached hydrogens (tertiary/aromatic N) is 3. The van der Waals surface area contributed by atoms with Crippen molar-refractivity contribution < 1.29 is 0 Å². The highest BCUT2D eigenvalue weighted by atomic mass is 15.3. The van der Waals surface area contributed by atoms with Gasteiger partial charge in [-0.1, -0.05) is 30.3 Å². The highest BCUT2D eigenvalue weighted by Gasteiger charge is 2.00. The molecule has 0 spiro atoms. The third-order valence-electron chi connectivity index (χ3n) is 2.39. The molecule has 1 aromatic carbocycles. The Hall–Kier alpha value is -2.08. The highest BCUT2D eigenvalue weighted by molar-refractivity contribution is 5.15. The minimum absolute atomic E-state index is 0.539. The average molecular weight is 211 g/mol. The van der Waals surface area contributed by atoms with Gasteiger partial charge in [-0.2, -0.15) is 5.10 Å². The number of hydrogen-bond donors (Lipinski definition) is 0. The summed E-state index contributed by atoms with van der Waals surface area (Å²) in [5.74, 6) is 0. The third kappa shape index (κ3) is 2.71. The van der Waals surface area contributed by atoms with E-state index in [4.69, 9.17) is 6.57 Å². The fourth-order valence-corrected chi connectivity index (χ4v) is 1.58. The van der Waals surface area contributed by atoms with E-state index in [-0.39, 0.29) is 0 Å². The van der Waals surface area contributed by atoms with Crippen LogP contribution in [-0.2, 0) is 13.0 Å². The molecule has 80 valence electrons. The van der Waals surface area contributed by atoms with Crippen LogP contribution in [0.5, 0.6) is 0 Å². The Morgan fingerprint density at radius 3 is 2.75 bits per heavy atom. The Morgan fingerprint density at radius 2 is 2.00 bits per heavy atom. The molecule has 0 unspecified atom stereocenters. The van der Waals surface area contributed by atoms with Gasteiger partial charge in [-0.3, -0.25) is 4.68 Å². The average Bonchev–Trinajstić information content (AvgIpc) is 2.75. The van der Waals surface area contributed by atoms with E-state index in [0.29, 0.717) is 6.54 Å². The molecule has 0 N–H and O–H groups in total. The maximum atomic E-state index is 6.74. The molecule has 3 heteroatoms. The van der Waals surface area contributed by atoms with Crippen molar-refractivity contribution in [3.63, 3.8) is 0 Å². The van der Waals surface area contributed by atoms with Crippen LogP contribution < -0.4 is 0 Å². The molecule has 0 saturated heterocycles. The van der Waals surface area contributed by atoms with E-state index in [1.54, 1.807) is 0 Å². The Balaban J connectivity index is 2.01. The van der Waals surface area contributed by atoms with E-state index in [9.17, 15) is 0 Å². The quantitative estimate of drug-likeness (QED) is 0.712. The molecule has 0 saturated carbocycles. The Labute approximate surface area is 95.2 Å². The second kappa shape index (κ2) is 5.13. The molecule has 16 heavy (non-hydrogen) atoms. The SMILES string of the molecule is [C-]#[N+]CCc1cnn(Cc2ccccc2)c1. The van der Waals surface area contributed by atoms with Gasteiger partial charge in [0.2, 0.25) is 6.54 Å². The van der Waals surface area contributed by atoms with Crippen LogP contribution in [0.25, 0.3) is 4.85 Å². The van der Waals surface area contributed by atoms with Crippen LogP contribution in [0.4, 0.5) is 0 Å². The predicted octanol–water partition coefficient (Wildman–Crippen LogP) is 2.39. The predicted molar refractivity (Wildman–Crippen MR) is 62.9 cm³/mol. The van der Waals surface area contributed by atoms with Gasteiger partial charge in [0.25, 0.3) is 0 Å². The standard InChI is InChI=1S/C13H13N3/c1-14-8-7-13-9-15-16(11-13)10-12-5-3-2-4-6-12/h2-6,9,11H,7-8,10H2. The first-order valence-electron chi connectivity index (χ1n) is 5.27. The fourth-order valence-electron chi connectivity index (χ4n) is 1.58. The number of benzene rings is 1. The molecule has 0 aliphatic rings. The number of aromatic nitrogens is 2. The van der Waals surface area contributed by atoms with E-state index >= 15 is 0 Å². The Morgan fingerprint density at radius 1 is 1.19 bits per heavy atom. The van der Waals surface area contributed by atoms with E-state index in [1.165, 1.54) is 5.56 Å². The van der Waals surface area contributed by atoms with Gasteiger partial charge < -0.3 is 4.85 Å². The molecule has 2 rings (SSSR count). The first-order valence-corrected chi connectivity index (χ1v) is 5.27. The highest BCUT2D eigenvalue weighted by Crippen LogP contribution is 2.04. The zero-order chi connectivity index (χ0) is 11.2. The second-order valence-electron chi connectivity index (χ2n) is 3.66. The van der Waals surface area contributed by atoms with Gasteiger partial charge in [-0.15, -0.1) is 0 Å². The molecular weight excluding hydrogens is 198 g/mol. The summed E-state index contributed by atoms with van der Waals surface area (Å²) in [5.41, 5.74) is 2.37. The lowest BCUT2D eigenvalue weighted by Crippen LogP contribution is -1.99. The van der Waals surface area contributed by atoms with Gasteiger partial charge in [0.05, 0.1) is 12.7 Å². The normalized spacial score (nSPS) is 9.94. The lowest BCUT2D eigenvalue weighted by Gasteiger charge is -2.00. The van der Waals surface area contributed by atoms with Crippen LogP contribution in [0.1, 0.15) is 11.1 Å². The smallest absolute Gasteiger partial charge is 0.218 e. The summed E-state index contributed by atoms with van der Waals surface area (Å²) < 4.78 is 1.91. The fraction of sp³-hybridized carbons (Fsp3) is 0.231. The zero-order valence-electron chi connectivity index (χ0n) is 9.00. The van der Waals surface area contributed by atoms with Crippen LogP contribution in [0, 0.1) is 6.57 Å². The van der Waals surface area contributed by atoms with Crippen molar-refractivity contribution in [1.29, 1.82) is 0 Å². The van der Waals surface area contributed by atoms with Crippen molar-refractivity contribution in [1.82, 2.24) is 9.78 Å². The minimum Gasteiger partial charge on any atom is -0.317 e. The lowest BCUT2D eigenvalue weighted by atomic mass is 10.2. The summed E-state index contributed by atoms with van der Waals surface area (Å²) in [6.07, 6.45) is 4.64. The Bertz CT molecular complexity index is 479. The summed E-state index contributed by atoms with van der Waals surface area (Å²) in [4.78, 5) is 3.34. The van der Waals surface area contributed by atoms with Gasteiger partial charge in [-0.05, 0) is 11.1 Å². The monoisotopic (exact) mass is 211 g/mol. The van der Waals surface area contributed by atoms with Gasteiger partial charge >= 0.3 is 0 Å². The van der Waals surface area contributed by atoms with E-state index in [2.05, 4.69) is 22.1 Å². The van der Waals surface area contributed by atoms with Crippen molar-refractivity contribution in [3.8, 4) is 0 Å².